The molecule has 6 nitrogen and oxygen atoms in total. The molecule has 0 bridgehead atoms. The Labute approximate surface area is 184 Å². The van der Waals surface area contributed by atoms with Gasteiger partial charge in [0.2, 0.25) is 5.91 Å². The maximum Gasteiger partial charge on any atom is 0.341 e. The van der Waals surface area contributed by atoms with Crippen LogP contribution in [0.25, 0.3) is 16.8 Å². The van der Waals surface area contributed by atoms with Gasteiger partial charge in [-0.05, 0) is 49.6 Å². The number of aryl methyl sites for hydroxylation is 3. The molecule has 0 fully saturated rings. The molecule has 0 radical (unpaired) electrons. The molecule has 1 N–H and O–H groups in total. The molecule has 0 spiro atoms. The highest BCUT2D eigenvalue weighted by molar-refractivity contribution is 7.15. The van der Waals surface area contributed by atoms with Crippen LogP contribution >= 0.6 is 11.3 Å². The quantitative estimate of drug-likeness (QED) is 0.452. The molecular formula is C24H23N3O3S. The molecule has 4 aromatic rings. The number of thiophene rings is 1. The van der Waals surface area contributed by atoms with Crippen LogP contribution in [0.5, 0.6) is 0 Å². The topological polar surface area (TPSA) is 72.7 Å². The molecule has 0 saturated carbocycles. The van der Waals surface area contributed by atoms with Gasteiger partial charge in [-0.1, -0.05) is 23.8 Å². The average molecular weight is 434 g/mol. The van der Waals surface area contributed by atoms with E-state index in [2.05, 4.69) is 10.3 Å². The van der Waals surface area contributed by atoms with Crippen LogP contribution in [0.3, 0.4) is 0 Å². The number of amides is 1. The van der Waals surface area contributed by atoms with Gasteiger partial charge < -0.3 is 14.5 Å². The number of benzene rings is 1. The van der Waals surface area contributed by atoms with Crippen LogP contribution in [0.2, 0.25) is 0 Å². The number of methoxy groups -OCH3 is 1. The zero-order chi connectivity index (χ0) is 22.1. The lowest BCUT2D eigenvalue weighted by Crippen LogP contribution is -2.16. The van der Waals surface area contributed by atoms with Gasteiger partial charge in [0.05, 0.1) is 19.2 Å². The monoisotopic (exact) mass is 433 g/mol. The number of ether oxygens (including phenoxy) is 1. The van der Waals surface area contributed by atoms with Gasteiger partial charge in [0, 0.05) is 23.3 Å². The summed E-state index contributed by atoms with van der Waals surface area (Å²) in [4.78, 5) is 29.9. The number of nitrogens with one attached hydrogen (secondary N) is 1. The summed E-state index contributed by atoms with van der Waals surface area (Å²) in [5.41, 5.74) is 6.79. The van der Waals surface area contributed by atoms with Crippen molar-refractivity contribution in [3.05, 3.63) is 76.1 Å². The Morgan fingerprint density at radius 1 is 1.10 bits per heavy atom. The summed E-state index contributed by atoms with van der Waals surface area (Å²) < 4.78 is 6.91. The molecule has 4 rings (SSSR count). The molecule has 0 unspecified atom stereocenters. The summed E-state index contributed by atoms with van der Waals surface area (Å²) in [7, 11) is 1.34. The summed E-state index contributed by atoms with van der Waals surface area (Å²) in [6.45, 7) is 6.00. The van der Waals surface area contributed by atoms with Crippen LogP contribution in [-0.4, -0.2) is 28.4 Å². The van der Waals surface area contributed by atoms with E-state index in [9.17, 15) is 9.59 Å². The lowest BCUT2D eigenvalue weighted by atomic mass is 9.97. The number of carbonyl (C=O) groups is 2. The van der Waals surface area contributed by atoms with E-state index >= 15 is 0 Å². The van der Waals surface area contributed by atoms with Crippen molar-refractivity contribution in [1.82, 2.24) is 9.38 Å². The SMILES string of the molecule is COC(=O)c1c(-c2cc(C)ccc2C)csc1NC(=O)Cc1cn2ccc(C)cc2n1. The smallest absolute Gasteiger partial charge is 0.341 e. The molecule has 1 aromatic carbocycles. The van der Waals surface area contributed by atoms with Crippen molar-refractivity contribution >= 4 is 33.9 Å². The minimum Gasteiger partial charge on any atom is -0.465 e. The summed E-state index contributed by atoms with van der Waals surface area (Å²) >= 11 is 1.32. The lowest BCUT2D eigenvalue weighted by molar-refractivity contribution is -0.115. The maximum atomic E-state index is 12.7. The predicted octanol–water partition coefficient (Wildman–Crippen LogP) is 4.96. The van der Waals surface area contributed by atoms with E-state index in [4.69, 9.17) is 4.74 Å². The fourth-order valence-electron chi connectivity index (χ4n) is 3.54. The molecule has 0 atom stereocenters. The van der Waals surface area contributed by atoms with E-state index in [1.165, 1.54) is 18.4 Å². The Morgan fingerprint density at radius 2 is 1.87 bits per heavy atom. The number of pyridine rings is 1. The van der Waals surface area contributed by atoms with E-state index in [0.29, 0.717) is 16.3 Å². The van der Waals surface area contributed by atoms with Crippen LogP contribution in [0.1, 0.15) is 32.7 Å². The average Bonchev–Trinajstić information content (AvgIpc) is 3.32. The largest absolute Gasteiger partial charge is 0.465 e. The molecule has 0 aliphatic heterocycles. The first-order valence-electron chi connectivity index (χ1n) is 9.87. The van der Waals surface area contributed by atoms with Gasteiger partial charge in [0.15, 0.2) is 0 Å². The number of fused-ring (bicyclic) bond motifs is 1. The molecule has 0 aliphatic carbocycles. The molecule has 7 heteroatoms. The van der Waals surface area contributed by atoms with Gasteiger partial charge in [-0.2, -0.15) is 0 Å². The summed E-state index contributed by atoms with van der Waals surface area (Å²) in [5, 5.41) is 5.25. The number of rotatable bonds is 5. The van der Waals surface area contributed by atoms with E-state index in [-0.39, 0.29) is 12.3 Å². The number of hydrogen-bond donors (Lipinski definition) is 1. The highest BCUT2D eigenvalue weighted by Crippen LogP contribution is 2.38. The number of aromatic nitrogens is 2. The second kappa shape index (κ2) is 8.35. The third-order valence-electron chi connectivity index (χ3n) is 5.12. The van der Waals surface area contributed by atoms with Crippen molar-refractivity contribution in [3.8, 4) is 11.1 Å². The summed E-state index contributed by atoms with van der Waals surface area (Å²) in [5.74, 6) is -0.713. The van der Waals surface area contributed by atoms with Gasteiger partial charge in [0.25, 0.3) is 0 Å². The predicted molar refractivity (Wildman–Crippen MR) is 123 cm³/mol. The van der Waals surface area contributed by atoms with Crippen molar-refractivity contribution in [2.75, 3.05) is 12.4 Å². The second-order valence-electron chi connectivity index (χ2n) is 7.59. The molecule has 31 heavy (non-hydrogen) atoms. The van der Waals surface area contributed by atoms with Gasteiger partial charge in [-0.3, -0.25) is 4.79 Å². The zero-order valence-electron chi connectivity index (χ0n) is 17.9. The van der Waals surface area contributed by atoms with Crippen molar-refractivity contribution in [2.45, 2.75) is 27.2 Å². The normalized spacial score (nSPS) is 11.0. The first kappa shape index (κ1) is 20.8. The summed E-state index contributed by atoms with van der Waals surface area (Å²) in [6, 6.07) is 10.0. The second-order valence-corrected chi connectivity index (χ2v) is 8.47. The van der Waals surface area contributed by atoms with Crippen molar-refractivity contribution in [2.24, 2.45) is 0 Å². The summed E-state index contributed by atoms with van der Waals surface area (Å²) in [6.07, 6.45) is 3.87. The third kappa shape index (κ3) is 4.22. The van der Waals surface area contributed by atoms with Gasteiger partial charge in [-0.15, -0.1) is 11.3 Å². The Balaban J connectivity index is 1.62. The van der Waals surface area contributed by atoms with Crippen molar-refractivity contribution in [1.29, 1.82) is 0 Å². The number of esters is 1. The van der Waals surface area contributed by atoms with Gasteiger partial charge in [-0.25, -0.2) is 9.78 Å². The number of carbonyl (C=O) groups excluding carboxylic acids is 2. The minimum atomic E-state index is -0.476. The van der Waals surface area contributed by atoms with Crippen molar-refractivity contribution < 1.29 is 14.3 Å². The van der Waals surface area contributed by atoms with Crippen molar-refractivity contribution in [3.63, 3.8) is 0 Å². The zero-order valence-corrected chi connectivity index (χ0v) is 18.7. The molecule has 3 aromatic heterocycles. The highest BCUT2D eigenvalue weighted by atomic mass is 32.1. The van der Waals surface area contributed by atoms with Crippen LogP contribution in [0.4, 0.5) is 5.00 Å². The van der Waals surface area contributed by atoms with Gasteiger partial charge in [0.1, 0.15) is 16.2 Å². The molecule has 0 aliphatic rings. The van der Waals surface area contributed by atoms with E-state index in [0.717, 1.165) is 33.5 Å². The number of anilines is 1. The first-order chi connectivity index (χ1) is 14.9. The maximum absolute atomic E-state index is 12.7. The molecule has 3 heterocycles. The standard InChI is InChI=1S/C24H23N3O3S/c1-14-5-6-16(3)18(9-14)19-13-31-23(22(19)24(29)30-4)26-21(28)11-17-12-27-8-7-15(2)10-20(27)25-17/h5-10,12-13H,11H2,1-4H3,(H,26,28). The Bertz CT molecular complexity index is 1300. The van der Waals surface area contributed by atoms with Crippen LogP contribution in [0.15, 0.2) is 48.1 Å². The molecule has 1 amide bonds. The fraction of sp³-hybridized carbons (Fsp3) is 0.208. The highest BCUT2D eigenvalue weighted by Gasteiger charge is 2.23. The molecule has 158 valence electrons. The molecular weight excluding hydrogens is 410 g/mol. The number of imidazole rings is 1. The number of hydrogen-bond acceptors (Lipinski definition) is 5. The third-order valence-corrected chi connectivity index (χ3v) is 6.02. The Hall–Kier alpha value is -3.45. The van der Waals surface area contributed by atoms with Crippen LogP contribution < -0.4 is 5.32 Å². The van der Waals surface area contributed by atoms with Gasteiger partial charge >= 0.3 is 5.97 Å². The van der Waals surface area contributed by atoms with Crippen LogP contribution in [-0.2, 0) is 16.0 Å². The fourth-order valence-corrected chi connectivity index (χ4v) is 4.50. The lowest BCUT2D eigenvalue weighted by Gasteiger charge is -2.10. The van der Waals surface area contributed by atoms with E-state index in [1.807, 2.05) is 73.3 Å². The van der Waals surface area contributed by atoms with E-state index < -0.39 is 5.97 Å². The Morgan fingerprint density at radius 3 is 2.65 bits per heavy atom. The first-order valence-corrected chi connectivity index (χ1v) is 10.7. The minimum absolute atomic E-state index is 0.109. The molecule has 0 saturated heterocycles. The number of nitrogens with zero attached hydrogens (tertiary/aromatic N) is 2. The van der Waals surface area contributed by atoms with E-state index in [1.54, 1.807) is 0 Å². The van der Waals surface area contributed by atoms with Crippen LogP contribution in [0, 0.1) is 20.8 Å². The Kier molecular flexibility index (Phi) is 5.61.